The van der Waals surface area contributed by atoms with E-state index in [0.29, 0.717) is 18.7 Å². The largest absolute Gasteiger partial charge is 0.389 e. The molecule has 0 saturated heterocycles. The number of rotatable bonds is 7. The first-order chi connectivity index (χ1) is 8.86. The van der Waals surface area contributed by atoms with Crippen LogP contribution < -0.4 is 10.5 Å². The van der Waals surface area contributed by atoms with Crippen LogP contribution in [0.1, 0.15) is 12.5 Å². The molecule has 1 aromatic rings. The molecule has 0 aliphatic rings. The molecule has 0 amide bonds. The highest BCUT2D eigenvalue weighted by Crippen LogP contribution is 2.11. The van der Waals surface area contributed by atoms with Crippen molar-refractivity contribution < 1.29 is 13.2 Å². The van der Waals surface area contributed by atoms with E-state index >= 15 is 0 Å². The standard InChI is InChI=1S/C12H18N2O3S2/c1-9(8-17-2)7-14-19(15,16)11-5-3-4-10(6-11)12(13)18/h3-6,9,14H,7-8H2,1-2H3,(H2,13,18). The Kier molecular flexibility index (Phi) is 5.86. The molecular formula is C12H18N2O3S2. The molecule has 1 rings (SSSR count). The fourth-order valence-electron chi connectivity index (χ4n) is 1.50. The van der Waals surface area contributed by atoms with Gasteiger partial charge in [0.2, 0.25) is 10.0 Å². The average Bonchev–Trinajstić information content (AvgIpc) is 2.37. The number of nitrogens with one attached hydrogen (secondary N) is 1. The van der Waals surface area contributed by atoms with Crippen molar-refractivity contribution >= 4 is 27.2 Å². The molecule has 0 saturated carbocycles. The summed E-state index contributed by atoms with van der Waals surface area (Å²) in [7, 11) is -1.97. The van der Waals surface area contributed by atoms with Gasteiger partial charge in [-0.15, -0.1) is 0 Å². The molecule has 1 atom stereocenters. The quantitative estimate of drug-likeness (QED) is 0.731. The topological polar surface area (TPSA) is 81.4 Å². The Balaban J connectivity index is 2.83. The predicted molar refractivity (Wildman–Crippen MR) is 78.6 cm³/mol. The van der Waals surface area contributed by atoms with Gasteiger partial charge in [0, 0.05) is 25.8 Å². The molecule has 0 radical (unpaired) electrons. The molecule has 0 spiro atoms. The van der Waals surface area contributed by atoms with Crippen LogP contribution in [-0.4, -0.2) is 33.7 Å². The van der Waals surface area contributed by atoms with Gasteiger partial charge in [0.15, 0.2) is 0 Å². The lowest BCUT2D eigenvalue weighted by atomic mass is 10.2. The van der Waals surface area contributed by atoms with Crippen LogP contribution in [0, 0.1) is 5.92 Å². The van der Waals surface area contributed by atoms with Crippen molar-refractivity contribution in [2.45, 2.75) is 11.8 Å². The molecule has 5 nitrogen and oxygen atoms in total. The average molecular weight is 302 g/mol. The SMILES string of the molecule is COCC(C)CNS(=O)(=O)c1cccc(C(N)=S)c1. The predicted octanol–water partition coefficient (Wildman–Crippen LogP) is 0.882. The molecule has 1 unspecified atom stereocenters. The summed E-state index contributed by atoms with van der Waals surface area (Å²) in [5.41, 5.74) is 6.02. The normalized spacial score (nSPS) is 13.2. The summed E-state index contributed by atoms with van der Waals surface area (Å²) in [6.45, 7) is 2.71. The molecular weight excluding hydrogens is 284 g/mol. The van der Waals surface area contributed by atoms with E-state index in [2.05, 4.69) is 4.72 Å². The minimum Gasteiger partial charge on any atom is -0.389 e. The molecule has 1 aromatic carbocycles. The smallest absolute Gasteiger partial charge is 0.240 e. The third kappa shape index (κ3) is 4.87. The fraction of sp³-hybridized carbons (Fsp3) is 0.417. The van der Waals surface area contributed by atoms with Crippen LogP contribution >= 0.6 is 12.2 Å². The van der Waals surface area contributed by atoms with E-state index in [-0.39, 0.29) is 15.8 Å². The highest BCUT2D eigenvalue weighted by atomic mass is 32.2. The summed E-state index contributed by atoms with van der Waals surface area (Å²) in [6, 6.07) is 6.26. The van der Waals surface area contributed by atoms with Gasteiger partial charge in [-0.25, -0.2) is 13.1 Å². The van der Waals surface area contributed by atoms with E-state index in [1.807, 2.05) is 6.92 Å². The maximum absolute atomic E-state index is 12.1. The van der Waals surface area contributed by atoms with Crippen LogP contribution in [0.4, 0.5) is 0 Å². The van der Waals surface area contributed by atoms with E-state index in [1.165, 1.54) is 12.1 Å². The van der Waals surface area contributed by atoms with Crippen molar-refractivity contribution in [3.63, 3.8) is 0 Å². The van der Waals surface area contributed by atoms with Crippen LogP contribution in [0.5, 0.6) is 0 Å². The Morgan fingerprint density at radius 3 is 2.79 bits per heavy atom. The molecule has 0 fully saturated rings. The molecule has 0 bridgehead atoms. The maximum Gasteiger partial charge on any atom is 0.240 e. The first kappa shape index (κ1) is 16.0. The van der Waals surface area contributed by atoms with Crippen molar-refractivity contribution in [2.24, 2.45) is 11.7 Å². The second-order valence-electron chi connectivity index (χ2n) is 4.30. The van der Waals surface area contributed by atoms with Crippen LogP contribution in [0.25, 0.3) is 0 Å². The van der Waals surface area contributed by atoms with Crippen molar-refractivity contribution in [1.82, 2.24) is 4.72 Å². The van der Waals surface area contributed by atoms with E-state index < -0.39 is 10.0 Å². The second-order valence-corrected chi connectivity index (χ2v) is 6.51. The molecule has 19 heavy (non-hydrogen) atoms. The van der Waals surface area contributed by atoms with E-state index in [0.717, 1.165) is 0 Å². The van der Waals surface area contributed by atoms with Crippen molar-refractivity contribution in [2.75, 3.05) is 20.3 Å². The van der Waals surface area contributed by atoms with E-state index in [4.69, 9.17) is 22.7 Å². The van der Waals surface area contributed by atoms with Gasteiger partial charge in [-0.3, -0.25) is 0 Å². The Hall–Kier alpha value is -1.02. The van der Waals surface area contributed by atoms with E-state index in [9.17, 15) is 8.42 Å². The number of methoxy groups -OCH3 is 1. The highest BCUT2D eigenvalue weighted by molar-refractivity contribution is 7.89. The van der Waals surface area contributed by atoms with Crippen LogP contribution in [0.15, 0.2) is 29.2 Å². The van der Waals surface area contributed by atoms with Gasteiger partial charge >= 0.3 is 0 Å². The zero-order chi connectivity index (χ0) is 14.5. The van der Waals surface area contributed by atoms with Crippen molar-refractivity contribution in [3.8, 4) is 0 Å². The summed E-state index contributed by atoms with van der Waals surface area (Å²) in [5, 5.41) is 0. The molecule has 0 heterocycles. The number of thiocarbonyl (C=S) groups is 1. The Morgan fingerprint density at radius 2 is 2.21 bits per heavy atom. The number of benzene rings is 1. The third-order valence-corrected chi connectivity index (χ3v) is 4.16. The van der Waals surface area contributed by atoms with E-state index in [1.54, 1.807) is 19.2 Å². The van der Waals surface area contributed by atoms with Gasteiger partial charge in [-0.2, -0.15) is 0 Å². The molecule has 3 N–H and O–H groups in total. The van der Waals surface area contributed by atoms with Gasteiger partial charge in [0.25, 0.3) is 0 Å². The van der Waals surface area contributed by atoms with Gasteiger partial charge in [0.1, 0.15) is 4.99 Å². The molecule has 7 heteroatoms. The summed E-state index contributed by atoms with van der Waals surface area (Å²) in [5.74, 6) is 0.0959. The highest BCUT2D eigenvalue weighted by Gasteiger charge is 2.15. The van der Waals surface area contributed by atoms with Crippen LogP contribution in [0.3, 0.4) is 0 Å². The third-order valence-electron chi connectivity index (χ3n) is 2.50. The lowest BCUT2D eigenvalue weighted by Gasteiger charge is -2.12. The maximum atomic E-state index is 12.1. The summed E-state index contributed by atoms with van der Waals surface area (Å²) < 4.78 is 31.7. The monoisotopic (exact) mass is 302 g/mol. The summed E-state index contributed by atoms with van der Waals surface area (Å²) >= 11 is 4.83. The molecule has 0 aliphatic carbocycles. The minimum absolute atomic E-state index is 0.0959. The van der Waals surface area contributed by atoms with Gasteiger partial charge in [0.05, 0.1) is 4.90 Å². The molecule has 0 aliphatic heterocycles. The molecule has 0 aromatic heterocycles. The fourth-order valence-corrected chi connectivity index (χ4v) is 2.83. The van der Waals surface area contributed by atoms with Crippen LogP contribution in [-0.2, 0) is 14.8 Å². The Bertz CT molecular complexity index is 544. The summed E-state index contributed by atoms with van der Waals surface area (Å²) in [6.07, 6.45) is 0. The zero-order valence-corrected chi connectivity index (χ0v) is 12.6. The van der Waals surface area contributed by atoms with Gasteiger partial charge in [-0.1, -0.05) is 31.3 Å². The number of sulfonamides is 1. The lowest BCUT2D eigenvalue weighted by Crippen LogP contribution is -2.30. The first-order valence-corrected chi connectivity index (χ1v) is 7.64. The zero-order valence-electron chi connectivity index (χ0n) is 10.9. The Morgan fingerprint density at radius 1 is 1.53 bits per heavy atom. The van der Waals surface area contributed by atoms with Gasteiger partial charge in [-0.05, 0) is 18.1 Å². The Labute approximate surface area is 119 Å². The van der Waals surface area contributed by atoms with Crippen LogP contribution in [0.2, 0.25) is 0 Å². The minimum atomic E-state index is -3.55. The number of nitrogens with two attached hydrogens (primary N) is 1. The van der Waals surface area contributed by atoms with Crippen molar-refractivity contribution in [3.05, 3.63) is 29.8 Å². The number of hydrogen-bond acceptors (Lipinski definition) is 4. The second kappa shape index (κ2) is 6.95. The summed E-state index contributed by atoms with van der Waals surface area (Å²) in [4.78, 5) is 0.326. The number of ether oxygens (including phenoxy) is 1. The first-order valence-electron chi connectivity index (χ1n) is 5.75. The molecule has 106 valence electrons. The number of hydrogen-bond donors (Lipinski definition) is 2. The van der Waals surface area contributed by atoms with Crippen molar-refractivity contribution in [1.29, 1.82) is 0 Å². The lowest BCUT2D eigenvalue weighted by molar-refractivity contribution is 0.161. The van der Waals surface area contributed by atoms with Gasteiger partial charge < -0.3 is 10.5 Å².